The minimum absolute atomic E-state index is 0.219. The van der Waals surface area contributed by atoms with Crippen molar-refractivity contribution >= 4 is 11.5 Å². The summed E-state index contributed by atoms with van der Waals surface area (Å²) in [6.45, 7) is 1.44. The summed E-state index contributed by atoms with van der Waals surface area (Å²) in [6.07, 6.45) is 6.15. The van der Waals surface area contributed by atoms with E-state index >= 15 is 0 Å². The number of aromatic nitrogens is 2. The van der Waals surface area contributed by atoms with Crippen molar-refractivity contribution in [2.75, 3.05) is 29.9 Å². The van der Waals surface area contributed by atoms with Gasteiger partial charge in [0.1, 0.15) is 23.5 Å². The molecule has 6 heteroatoms. The molecule has 0 amide bonds. The first-order valence-electron chi connectivity index (χ1n) is 9.16. The maximum absolute atomic E-state index is 14.4. The van der Waals surface area contributed by atoms with Crippen LogP contribution in [0.5, 0.6) is 0 Å². The molecule has 26 heavy (non-hydrogen) atoms. The fourth-order valence-electron chi connectivity index (χ4n) is 3.69. The Bertz CT molecular complexity index is 842. The maximum atomic E-state index is 14.4. The van der Waals surface area contributed by atoms with E-state index in [2.05, 4.69) is 16.0 Å². The number of benzene rings is 1. The fraction of sp³-hybridized carbons (Fsp3) is 0.450. The minimum Gasteiger partial charge on any atom is -0.366 e. The molecule has 0 bridgehead atoms. The predicted molar refractivity (Wildman–Crippen MR) is 98.8 cm³/mol. The first kappa shape index (κ1) is 16.8. The fourth-order valence-corrected chi connectivity index (χ4v) is 3.69. The number of halogens is 1. The van der Waals surface area contributed by atoms with E-state index in [1.54, 1.807) is 12.1 Å². The summed E-state index contributed by atoms with van der Waals surface area (Å²) in [6, 6.07) is 8.97. The highest BCUT2D eigenvalue weighted by Crippen LogP contribution is 2.38. The predicted octanol–water partition coefficient (Wildman–Crippen LogP) is 3.47. The number of hydrogen-bond acceptors (Lipinski definition) is 5. The lowest BCUT2D eigenvalue weighted by Crippen LogP contribution is -2.47. The summed E-state index contributed by atoms with van der Waals surface area (Å²) in [5.74, 6) is 2.04. The topological polar surface area (TPSA) is 56.1 Å². The summed E-state index contributed by atoms with van der Waals surface area (Å²) in [7, 11) is 2.04. The molecule has 1 unspecified atom stereocenters. The zero-order valence-electron chi connectivity index (χ0n) is 14.9. The number of piperidine rings is 1. The molecule has 1 atom stereocenters. The summed E-state index contributed by atoms with van der Waals surface area (Å²) in [5, 5.41) is 9.34. The Kier molecular flexibility index (Phi) is 4.46. The smallest absolute Gasteiger partial charge is 0.147 e. The van der Waals surface area contributed by atoms with Gasteiger partial charge in [0.2, 0.25) is 0 Å². The quantitative estimate of drug-likeness (QED) is 0.844. The molecule has 4 rings (SSSR count). The molecule has 1 aromatic heterocycles. The molecule has 1 aromatic carbocycles. The first-order chi connectivity index (χ1) is 12.7. The Morgan fingerprint density at radius 3 is 2.88 bits per heavy atom. The zero-order chi connectivity index (χ0) is 18.1. The molecular weight excluding hydrogens is 329 g/mol. The number of likely N-dealkylation sites (N-methyl/N-ethyl adjacent to an activating group) is 1. The zero-order valence-corrected chi connectivity index (χ0v) is 14.9. The molecule has 2 fully saturated rings. The van der Waals surface area contributed by atoms with Crippen LogP contribution in [0, 0.1) is 17.1 Å². The molecule has 1 aliphatic heterocycles. The highest BCUT2D eigenvalue weighted by molar-refractivity contribution is 5.61. The highest BCUT2D eigenvalue weighted by Gasteiger charge is 2.29. The van der Waals surface area contributed by atoms with Crippen LogP contribution >= 0.6 is 0 Å². The van der Waals surface area contributed by atoms with Gasteiger partial charge in [-0.05, 0) is 43.9 Å². The van der Waals surface area contributed by atoms with Crippen LogP contribution in [0.3, 0.4) is 0 Å². The van der Waals surface area contributed by atoms with E-state index in [-0.39, 0.29) is 11.9 Å². The second kappa shape index (κ2) is 6.91. The van der Waals surface area contributed by atoms with E-state index < -0.39 is 0 Å². The number of anilines is 2. The molecule has 1 saturated carbocycles. The Labute approximate surface area is 153 Å². The van der Waals surface area contributed by atoms with E-state index in [0.29, 0.717) is 23.7 Å². The van der Waals surface area contributed by atoms with Gasteiger partial charge in [0, 0.05) is 38.3 Å². The number of para-hydroxylation sites is 1. The standard InChI is InChI=1S/C20H22FN5/c1-25(18-9-10-23-20(24-18)14-7-8-14)16-5-3-11-26(13-16)19-15(12-22)4-2-6-17(19)21/h2,4,6,9-10,14,16H,3,5,7-8,11,13H2,1H3. The van der Waals surface area contributed by atoms with Gasteiger partial charge in [-0.3, -0.25) is 0 Å². The van der Waals surface area contributed by atoms with Crippen molar-refractivity contribution in [1.29, 1.82) is 5.26 Å². The third-order valence-corrected chi connectivity index (χ3v) is 5.33. The van der Waals surface area contributed by atoms with Gasteiger partial charge in [0.15, 0.2) is 0 Å². The van der Waals surface area contributed by atoms with Crippen LogP contribution in [0.25, 0.3) is 0 Å². The average molecular weight is 351 g/mol. The van der Waals surface area contributed by atoms with Crippen LogP contribution in [0.4, 0.5) is 15.9 Å². The van der Waals surface area contributed by atoms with Crippen LogP contribution in [-0.4, -0.2) is 36.1 Å². The van der Waals surface area contributed by atoms with Crippen molar-refractivity contribution in [1.82, 2.24) is 9.97 Å². The van der Waals surface area contributed by atoms with Gasteiger partial charge in [0.25, 0.3) is 0 Å². The molecule has 2 aromatic rings. The number of nitrogens with zero attached hydrogens (tertiary/aromatic N) is 5. The number of rotatable bonds is 4. The Morgan fingerprint density at radius 2 is 2.12 bits per heavy atom. The summed E-state index contributed by atoms with van der Waals surface area (Å²) in [4.78, 5) is 13.3. The van der Waals surface area contributed by atoms with Gasteiger partial charge in [-0.25, -0.2) is 14.4 Å². The lowest BCUT2D eigenvalue weighted by molar-refractivity contribution is 0.479. The van der Waals surface area contributed by atoms with Gasteiger partial charge in [0.05, 0.1) is 11.3 Å². The second-order valence-corrected chi connectivity index (χ2v) is 7.15. The van der Waals surface area contributed by atoms with Gasteiger partial charge >= 0.3 is 0 Å². The lowest BCUT2D eigenvalue weighted by Gasteiger charge is -2.39. The van der Waals surface area contributed by atoms with Gasteiger partial charge in [-0.15, -0.1) is 0 Å². The van der Waals surface area contributed by atoms with Crippen molar-refractivity contribution in [2.45, 2.75) is 37.6 Å². The maximum Gasteiger partial charge on any atom is 0.147 e. The molecular formula is C20H22FN5. The molecule has 0 spiro atoms. The van der Waals surface area contributed by atoms with Gasteiger partial charge in [-0.2, -0.15) is 5.26 Å². The molecule has 5 nitrogen and oxygen atoms in total. The summed E-state index contributed by atoms with van der Waals surface area (Å²) < 4.78 is 14.4. The third kappa shape index (κ3) is 3.22. The normalized spacial score (nSPS) is 19.9. The van der Waals surface area contributed by atoms with Crippen molar-refractivity contribution in [2.24, 2.45) is 0 Å². The Hall–Kier alpha value is -2.68. The van der Waals surface area contributed by atoms with Crippen molar-refractivity contribution < 1.29 is 4.39 Å². The van der Waals surface area contributed by atoms with Crippen LogP contribution in [0.15, 0.2) is 30.5 Å². The van der Waals surface area contributed by atoms with E-state index in [1.165, 1.54) is 18.9 Å². The third-order valence-electron chi connectivity index (χ3n) is 5.33. The molecule has 2 aliphatic rings. The Morgan fingerprint density at radius 1 is 1.27 bits per heavy atom. The lowest BCUT2D eigenvalue weighted by atomic mass is 10.0. The van der Waals surface area contributed by atoms with Crippen LogP contribution in [0.2, 0.25) is 0 Å². The van der Waals surface area contributed by atoms with Gasteiger partial charge in [-0.1, -0.05) is 6.07 Å². The molecule has 134 valence electrons. The van der Waals surface area contributed by atoms with E-state index in [0.717, 1.165) is 31.0 Å². The van der Waals surface area contributed by atoms with Crippen molar-refractivity contribution in [3.63, 3.8) is 0 Å². The average Bonchev–Trinajstić information content (AvgIpc) is 3.52. The molecule has 0 N–H and O–H groups in total. The molecule has 0 radical (unpaired) electrons. The molecule has 2 heterocycles. The van der Waals surface area contributed by atoms with Gasteiger partial charge < -0.3 is 9.80 Å². The number of hydrogen-bond donors (Lipinski definition) is 0. The van der Waals surface area contributed by atoms with E-state index in [1.807, 2.05) is 24.2 Å². The Balaban J connectivity index is 1.55. The molecule has 1 saturated heterocycles. The first-order valence-corrected chi connectivity index (χ1v) is 9.16. The monoisotopic (exact) mass is 351 g/mol. The van der Waals surface area contributed by atoms with E-state index in [4.69, 9.17) is 4.98 Å². The van der Waals surface area contributed by atoms with Crippen LogP contribution < -0.4 is 9.80 Å². The number of nitriles is 1. The largest absolute Gasteiger partial charge is 0.366 e. The molecule has 1 aliphatic carbocycles. The minimum atomic E-state index is -0.328. The summed E-state index contributed by atoms with van der Waals surface area (Å²) in [5.41, 5.74) is 0.820. The van der Waals surface area contributed by atoms with Crippen molar-refractivity contribution in [3.8, 4) is 6.07 Å². The SMILES string of the molecule is CN(c1ccnc(C2CC2)n1)C1CCCN(c2c(F)cccc2C#N)C1. The highest BCUT2D eigenvalue weighted by atomic mass is 19.1. The van der Waals surface area contributed by atoms with Crippen molar-refractivity contribution in [3.05, 3.63) is 47.7 Å². The second-order valence-electron chi connectivity index (χ2n) is 7.15. The van der Waals surface area contributed by atoms with Crippen LogP contribution in [0.1, 0.15) is 43.0 Å². The van der Waals surface area contributed by atoms with Crippen LogP contribution in [-0.2, 0) is 0 Å². The summed E-state index contributed by atoms with van der Waals surface area (Å²) >= 11 is 0. The van der Waals surface area contributed by atoms with E-state index in [9.17, 15) is 9.65 Å².